The van der Waals surface area contributed by atoms with Gasteiger partial charge in [-0.2, -0.15) is 5.26 Å². The lowest BCUT2D eigenvalue weighted by Crippen LogP contribution is -2.22. The van der Waals surface area contributed by atoms with Crippen molar-refractivity contribution in [3.8, 4) is 6.07 Å². The van der Waals surface area contributed by atoms with Crippen molar-refractivity contribution < 1.29 is 14.7 Å². The normalized spacial score (nSPS) is 13.4. The summed E-state index contributed by atoms with van der Waals surface area (Å²) in [5.41, 5.74) is 1.61. The molecular weight excluding hydrogens is 330 g/mol. The summed E-state index contributed by atoms with van der Waals surface area (Å²) < 4.78 is 0. The van der Waals surface area contributed by atoms with E-state index in [9.17, 15) is 20.0 Å². The zero-order chi connectivity index (χ0) is 18.8. The van der Waals surface area contributed by atoms with Gasteiger partial charge in [0.15, 0.2) is 11.5 Å². The molecule has 0 saturated carbocycles. The summed E-state index contributed by atoms with van der Waals surface area (Å²) in [7, 11) is 1.65. The van der Waals surface area contributed by atoms with Gasteiger partial charge in [0.25, 0.3) is 0 Å². The number of nitriles is 1. The summed E-state index contributed by atoms with van der Waals surface area (Å²) >= 11 is 0. The summed E-state index contributed by atoms with van der Waals surface area (Å²) in [6, 6.07) is 15.2. The van der Waals surface area contributed by atoms with Crippen molar-refractivity contribution >= 4 is 34.5 Å². The lowest BCUT2D eigenvalue weighted by Gasteiger charge is -2.14. The van der Waals surface area contributed by atoms with Crippen molar-refractivity contribution in [3.05, 3.63) is 65.2 Å². The van der Waals surface area contributed by atoms with Crippen LogP contribution in [0.2, 0.25) is 0 Å². The third kappa shape index (κ3) is 2.87. The van der Waals surface area contributed by atoms with Crippen molar-refractivity contribution in [3.63, 3.8) is 0 Å². The maximum absolute atomic E-state index is 12.5. The van der Waals surface area contributed by atoms with Crippen molar-refractivity contribution in [2.24, 2.45) is 4.99 Å². The van der Waals surface area contributed by atoms with Gasteiger partial charge in [-0.05, 0) is 24.3 Å². The smallest absolute Gasteiger partial charge is 0.223 e. The minimum absolute atomic E-state index is 0.0985. The van der Waals surface area contributed by atoms with E-state index in [4.69, 9.17) is 0 Å². The Hall–Kier alpha value is -3.72. The number of carbonyl (C=O) groups is 2. The van der Waals surface area contributed by atoms with Gasteiger partial charge in [0, 0.05) is 30.8 Å². The second-order valence-electron chi connectivity index (χ2n) is 5.76. The van der Waals surface area contributed by atoms with Gasteiger partial charge in [-0.15, -0.1) is 0 Å². The van der Waals surface area contributed by atoms with Gasteiger partial charge in [-0.1, -0.05) is 24.3 Å². The summed E-state index contributed by atoms with van der Waals surface area (Å²) in [5, 5.41) is 19.8. The van der Waals surface area contributed by atoms with E-state index < -0.39 is 5.78 Å². The first-order valence-corrected chi connectivity index (χ1v) is 7.85. The Morgan fingerprint density at radius 3 is 2.27 bits per heavy atom. The SMILES string of the molecule is CC(=O)N(C)c1ccc(N=C(C#N)C2=C(O)c3ccccc3C2=O)cc1. The molecule has 0 fully saturated rings. The van der Waals surface area contributed by atoms with Crippen LogP contribution < -0.4 is 4.90 Å². The Kier molecular flexibility index (Phi) is 4.38. The number of aliphatic hydroxyl groups excluding tert-OH is 1. The Morgan fingerprint density at radius 1 is 1.12 bits per heavy atom. The molecule has 1 amide bonds. The van der Waals surface area contributed by atoms with E-state index in [1.165, 1.54) is 11.8 Å². The van der Waals surface area contributed by atoms with E-state index in [2.05, 4.69) is 4.99 Å². The number of aliphatic imine (C=N–C) groups is 1. The fourth-order valence-corrected chi connectivity index (χ4v) is 2.68. The molecule has 26 heavy (non-hydrogen) atoms. The standard InChI is InChI=1S/C20H15N3O3/c1-12(24)23(2)14-9-7-13(8-10-14)22-17(11-21)18-19(25)15-5-3-4-6-16(15)20(18)26/h3-10,25H,1-2H3. The number of benzene rings is 2. The monoisotopic (exact) mass is 345 g/mol. The number of allylic oxidation sites excluding steroid dienone is 1. The van der Waals surface area contributed by atoms with Crippen LogP contribution in [0.25, 0.3) is 5.76 Å². The highest BCUT2D eigenvalue weighted by Crippen LogP contribution is 2.32. The van der Waals surface area contributed by atoms with Crippen LogP contribution in [-0.2, 0) is 4.79 Å². The number of hydrogen-bond acceptors (Lipinski definition) is 5. The van der Waals surface area contributed by atoms with E-state index in [0.29, 0.717) is 22.5 Å². The molecule has 3 rings (SSSR count). The molecule has 0 aliphatic heterocycles. The van der Waals surface area contributed by atoms with Crippen LogP contribution in [0, 0.1) is 11.3 Å². The number of hydrogen-bond donors (Lipinski definition) is 1. The first-order valence-electron chi connectivity index (χ1n) is 7.85. The highest BCUT2D eigenvalue weighted by molar-refractivity contribution is 6.39. The summed E-state index contributed by atoms with van der Waals surface area (Å²) in [6.45, 7) is 1.46. The number of fused-ring (bicyclic) bond motifs is 1. The van der Waals surface area contributed by atoms with Crippen LogP contribution in [0.1, 0.15) is 22.8 Å². The van der Waals surface area contributed by atoms with Crippen LogP contribution in [0.5, 0.6) is 0 Å². The van der Waals surface area contributed by atoms with Crippen molar-refractivity contribution in [2.45, 2.75) is 6.92 Å². The van der Waals surface area contributed by atoms with E-state index >= 15 is 0 Å². The number of carbonyl (C=O) groups excluding carboxylic acids is 2. The third-order valence-electron chi connectivity index (χ3n) is 4.18. The number of aliphatic hydroxyl groups is 1. The largest absolute Gasteiger partial charge is 0.506 e. The second kappa shape index (κ2) is 6.65. The summed E-state index contributed by atoms with van der Waals surface area (Å²) in [4.78, 5) is 29.6. The highest BCUT2D eigenvalue weighted by atomic mass is 16.3. The number of rotatable bonds is 3. The van der Waals surface area contributed by atoms with Gasteiger partial charge in [-0.3, -0.25) is 9.59 Å². The van der Waals surface area contributed by atoms with Gasteiger partial charge < -0.3 is 10.0 Å². The van der Waals surface area contributed by atoms with Gasteiger partial charge in [0.05, 0.1) is 5.69 Å². The Morgan fingerprint density at radius 2 is 1.73 bits per heavy atom. The molecule has 1 aliphatic rings. The molecule has 0 spiro atoms. The maximum atomic E-state index is 12.5. The molecule has 128 valence electrons. The van der Waals surface area contributed by atoms with Gasteiger partial charge in [0.2, 0.25) is 5.91 Å². The number of Topliss-reactive ketones (excluding diaryl/α,β-unsaturated/α-hetero) is 1. The molecule has 2 aromatic carbocycles. The molecule has 0 saturated heterocycles. The summed E-state index contributed by atoms with van der Waals surface area (Å²) in [5.74, 6) is -0.770. The van der Waals surface area contributed by atoms with E-state index in [-0.39, 0.29) is 23.0 Å². The molecule has 6 nitrogen and oxygen atoms in total. The molecule has 0 heterocycles. The number of amides is 1. The number of ketones is 1. The van der Waals surface area contributed by atoms with Crippen LogP contribution in [0.4, 0.5) is 11.4 Å². The van der Waals surface area contributed by atoms with Crippen molar-refractivity contribution in [1.29, 1.82) is 5.26 Å². The average Bonchev–Trinajstić information content (AvgIpc) is 2.91. The minimum atomic E-state index is -0.425. The molecule has 1 N–H and O–H groups in total. The Bertz CT molecular complexity index is 1010. The molecule has 0 unspecified atom stereocenters. The molecule has 0 bridgehead atoms. The van der Waals surface area contributed by atoms with Gasteiger partial charge >= 0.3 is 0 Å². The molecule has 0 atom stereocenters. The fourth-order valence-electron chi connectivity index (χ4n) is 2.68. The van der Waals surface area contributed by atoms with E-state index in [1.54, 1.807) is 55.6 Å². The lowest BCUT2D eigenvalue weighted by atomic mass is 10.1. The molecule has 0 radical (unpaired) electrons. The predicted molar refractivity (Wildman–Crippen MR) is 98.6 cm³/mol. The molecular formula is C20H15N3O3. The zero-order valence-corrected chi connectivity index (χ0v) is 14.2. The topological polar surface area (TPSA) is 93.8 Å². The van der Waals surface area contributed by atoms with Gasteiger partial charge in [0.1, 0.15) is 17.4 Å². The van der Waals surface area contributed by atoms with E-state index in [0.717, 1.165) is 0 Å². The van der Waals surface area contributed by atoms with Crippen LogP contribution in [0.3, 0.4) is 0 Å². The van der Waals surface area contributed by atoms with Crippen LogP contribution in [-0.4, -0.2) is 29.6 Å². The number of anilines is 1. The lowest BCUT2D eigenvalue weighted by molar-refractivity contribution is -0.116. The maximum Gasteiger partial charge on any atom is 0.223 e. The first kappa shape index (κ1) is 17.1. The third-order valence-corrected chi connectivity index (χ3v) is 4.18. The molecule has 1 aliphatic carbocycles. The second-order valence-corrected chi connectivity index (χ2v) is 5.76. The highest BCUT2D eigenvalue weighted by Gasteiger charge is 2.32. The van der Waals surface area contributed by atoms with Gasteiger partial charge in [-0.25, -0.2) is 4.99 Å². The molecule has 0 aromatic heterocycles. The van der Waals surface area contributed by atoms with Crippen LogP contribution in [0.15, 0.2) is 59.1 Å². The summed E-state index contributed by atoms with van der Waals surface area (Å²) in [6.07, 6.45) is 0. The molecule has 6 heteroatoms. The zero-order valence-electron chi connectivity index (χ0n) is 14.2. The average molecular weight is 345 g/mol. The Labute approximate surface area is 150 Å². The van der Waals surface area contributed by atoms with Crippen molar-refractivity contribution in [1.82, 2.24) is 0 Å². The van der Waals surface area contributed by atoms with Crippen LogP contribution >= 0.6 is 0 Å². The Balaban J connectivity index is 1.98. The minimum Gasteiger partial charge on any atom is -0.506 e. The molecule has 2 aromatic rings. The number of nitrogens with zero attached hydrogens (tertiary/aromatic N) is 3. The fraction of sp³-hybridized carbons (Fsp3) is 0.100. The van der Waals surface area contributed by atoms with E-state index in [1.807, 2.05) is 6.07 Å². The van der Waals surface area contributed by atoms with Crippen molar-refractivity contribution in [2.75, 3.05) is 11.9 Å². The predicted octanol–water partition coefficient (Wildman–Crippen LogP) is 3.43. The quantitative estimate of drug-likeness (QED) is 0.862. The first-order chi connectivity index (χ1) is 12.4.